The van der Waals surface area contributed by atoms with Gasteiger partial charge < -0.3 is 9.84 Å². The lowest BCUT2D eigenvalue weighted by atomic mass is 10.5. The van der Waals surface area contributed by atoms with Gasteiger partial charge in [-0.05, 0) is 12.1 Å². The fourth-order valence-electron chi connectivity index (χ4n) is 1.43. The van der Waals surface area contributed by atoms with Gasteiger partial charge in [0.1, 0.15) is 0 Å². The van der Waals surface area contributed by atoms with Crippen LogP contribution in [0.2, 0.25) is 0 Å². The van der Waals surface area contributed by atoms with Crippen molar-refractivity contribution in [1.29, 1.82) is 0 Å². The van der Waals surface area contributed by atoms with Gasteiger partial charge in [-0.1, -0.05) is 6.07 Å². The van der Waals surface area contributed by atoms with E-state index in [1.54, 1.807) is 18.3 Å². The van der Waals surface area contributed by atoms with Crippen molar-refractivity contribution in [2.24, 2.45) is 0 Å². The van der Waals surface area contributed by atoms with Gasteiger partial charge in [0.25, 0.3) is 0 Å². The Bertz CT molecular complexity index is 517. The molecule has 2 rings (SSSR count). The average Bonchev–Trinajstić information content (AvgIpc) is 2.63. The first kappa shape index (κ1) is 10.8. The molecule has 0 unspecified atom stereocenters. The molecule has 0 spiro atoms. The fraction of sp³-hybridized carbons (Fsp3) is 0.400. The summed E-state index contributed by atoms with van der Waals surface area (Å²) in [6, 6.07) is 5.38. The minimum Gasteiger partial charge on any atom is -0.394 e. The maximum Gasteiger partial charge on any atom is 0.350 e. The Labute approximate surface area is 91.7 Å². The molecule has 0 atom stereocenters. The summed E-state index contributed by atoms with van der Waals surface area (Å²) in [4.78, 5) is 11.8. The Morgan fingerprint density at radius 2 is 2.25 bits per heavy atom. The third kappa shape index (κ3) is 2.12. The predicted molar refractivity (Wildman–Crippen MR) is 57.4 cm³/mol. The Balaban J connectivity index is 2.13. The Morgan fingerprint density at radius 1 is 1.38 bits per heavy atom. The SMILES string of the molecule is O=c1n(CCOCCO)nc2ccccn12. The number of fused-ring (bicyclic) bond motifs is 1. The van der Waals surface area contributed by atoms with Crippen LogP contribution >= 0.6 is 0 Å². The molecule has 0 fully saturated rings. The van der Waals surface area contributed by atoms with Crippen LogP contribution in [0.5, 0.6) is 0 Å². The van der Waals surface area contributed by atoms with Gasteiger partial charge >= 0.3 is 5.69 Å². The van der Waals surface area contributed by atoms with Crippen LogP contribution in [0, 0.1) is 0 Å². The standard InChI is InChI=1S/C10H13N3O3/c14-6-8-16-7-5-13-10(15)12-4-2-1-3-9(12)11-13/h1-4,14H,5-8H2. The van der Waals surface area contributed by atoms with Gasteiger partial charge in [-0.25, -0.2) is 9.48 Å². The molecule has 0 aliphatic heterocycles. The zero-order valence-electron chi connectivity index (χ0n) is 8.74. The van der Waals surface area contributed by atoms with E-state index in [0.29, 0.717) is 18.8 Å². The molecule has 2 aromatic rings. The van der Waals surface area contributed by atoms with E-state index in [2.05, 4.69) is 5.10 Å². The highest BCUT2D eigenvalue weighted by atomic mass is 16.5. The topological polar surface area (TPSA) is 68.8 Å². The first-order chi connectivity index (χ1) is 7.83. The molecule has 0 aliphatic carbocycles. The second-order valence-electron chi connectivity index (χ2n) is 3.27. The number of hydrogen-bond donors (Lipinski definition) is 1. The number of hydrogen-bond acceptors (Lipinski definition) is 4. The molecular weight excluding hydrogens is 210 g/mol. The summed E-state index contributed by atoms with van der Waals surface area (Å²) >= 11 is 0. The molecule has 0 saturated heterocycles. The molecule has 0 bridgehead atoms. The van der Waals surface area contributed by atoms with Gasteiger partial charge in [0.05, 0.1) is 26.4 Å². The quantitative estimate of drug-likeness (QED) is 0.694. The second-order valence-corrected chi connectivity index (χ2v) is 3.27. The lowest BCUT2D eigenvalue weighted by Crippen LogP contribution is -2.23. The summed E-state index contributed by atoms with van der Waals surface area (Å²) in [5.41, 5.74) is 0.442. The monoisotopic (exact) mass is 223 g/mol. The Kier molecular flexibility index (Phi) is 3.33. The summed E-state index contributed by atoms with van der Waals surface area (Å²) in [5.74, 6) is 0. The predicted octanol–water partition coefficient (Wildman–Crippen LogP) is -0.495. The minimum absolute atomic E-state index is 0.0138. The number of aromatic nitrogens is 3. The van der Waals surface area contributed by atoms with Crippen molar-refractivity contribution in [3.63, 3.8) is 0 Å². The van der Waals surface area contributed by atoms with Crippen molar-refractivity contribution in [2.45, 2.75) is 6.54 Å². The molecule has 2 aromatic heterocycles. The summed E-state index contributed by atoms with van der Waals surface area (Å²) in [6.07, 6.45) is 1.68. The molecule has 2 heterocycles. The zero-order chi connectivity index (χ0) is 11.4. The average molecular weight is 223 g/mol. The normalized spacial score (nSPS) is 11.1. The molecule has 6 nitrogen and oxygen atoms in total. The van der Waals surface area contributed by atoms with Crippen LogP contribution in [0.3, 0.4) is 0 Å². The summed E-state index contributed by atoms with van der Waals surface area (Å²) in [7, 11) is 0. The first-order valence-corrected chi connectivity index (χ1v) is 5.06. The maximum absolute atomic E-state index is 11.8. The highest BCUT2D eigenvalue weighted by Crippen LogP contribution is 1.94. The third-order valence-electron chi connectivity index (χ3n) is 2.17. The highest BCUT2D eigenvalue weighted by Gasteiger charge is 2.04. The van der Waals surface area contributed by atoms with Gasteiger partial charge in [0.15, 0.2) is 5.65 Å². The molecule has 16 heavy (non-hydrogen) atoms. The molecule has 0 radical (unpaired) electrons. The number of rotatable bonds is 5. The van der Waals surface area contributed by atoms with Gasteiger partial charge in [0, 0.05) is 6.20 Å². The smallest absolute Gasteiger partial charge is 0.350 e. The van der Waals surface area contributed by atoms with Crippen LogP contribution in [-0.4, -0.2) is 39.1 Å². The van der Waals surface area contributed by atoms with Crippen molar-refractivity contribution in [2.75, 3.05) is 19.8 Å². The van der Waals surface area contributed by atoms with Gasteiger partial charge in [-0.2, -0.15) is 0 Å². The van der Waals surface area contributed by atoms with E-state index in [0.717, 1.165) is 0 Å². The lowest BCUT2D eigenvalue weighted by Gasteiger charge is -2.00. The molecular formula is C10H13N3O3. The molecule has 0 amide bonds. The van der Waals surface area contributed by atoms with Gasteiger partial charge in [-0.15, -0.1) is 5.10 Å². The minimum atomic E-state index is -0.178. The molecule has 1 N–H and O–H groups in total. The van der Waals surface area contributed by atoms with Gasteiger partial charge in [0.2, 0.25) is 0 Å². The third-order valence-corrected chi connectivity index (χ3v) is 2.17. The van der Waals surface area contributed by atoms with Crippen LogP contribution in [-0.2, 0) is 11.3 Å². The zero-order valence-corrected chi connectivity index (χ0v) is 8.74. The van der Waals surface area contributed by atoms with Crippen LogP contribution < -0.4 is 5.69 Å². The molecule has 86 valence electrons. The number of nitrogens with zero attached hydrogens (tertiary/aromatic N) is 3. The highest BCUT2D eigenvalue weighted by molar-refractivity contribution is 5.35. The van der Waals surface area contributed by atoms with Crippen LogP contribution in [0.1, 0.15) is 0 Å². The van der Waals surface area contributed by atoms with E-state index in [4.69, 9.17) is 9.84 Å². The van der Waals surface area contributed by atoms with Crippen molar-refractivity contribution in [1.82, 2.24) is 14.2 Å². The van der Waals surface area contributed by atoms with E-state index in [-0.39, 0.29) is 18.9 Å². The van der Waals surface area contributed by atoms with Crippen molar-refractivity contribution >= 4 is 5.65 Å². The summed E-state index contributed by atoms with van der Waals surface area (Å²) in [5, 5.41) is 12.7. The van der Waals surface area contributed by atoms with E-state index >= 15 is 0 Å². The number of aliphatic hydroxyl groups is 1. The summed E-state index contributed by atoms with van der Waals surface area (Å²) in [6.45, 7) is 1.02. The Hall–Kier alpha value is -1.66. The molecule has 0 aromatic carbocycles. The van der Waals surface area contributed by atoms with Crippen LogP contribution in [0.15, 0.2) is 29.2 Å². The van der Waals surface area contributed by atoms with Crippen LogP contribution in [0.4, 0.5) is 0 Å². The maximum atomic E-state index is 11.8. The number of aliphatic hydroxyl groups excluding tert-OH is 1. The van der Waals surface area contributed by atoms with Gasteiger partial charge in [-0.3, -0.25) is 4.40 Å². The lowest BCUT2D eigenvalue weighted by molar-refractivity contribution is 0.0849. The van der Waals surface area contributed by atoms with E-state index in [1.165, 1.54) is 9.08 Å². The molecule has 6 heteroatoms. The Morgan fingerprint density at radius 3 is 3.00 bits per heavy atom. The van der Waals surface area contributed by atoms with E-state index in [9.17, 15) is 4.79 Å². The molecule has 0 aliphatic rings. The number of pyridine rings is 1. The number of ether oxygens (including phenoxy) is 1. The first-order valence-electron chi connectivity index (χ1n) is 5.06. The molecule has 0 saturated carbocycles. The van der Waals surface area contributed by atoms with E-state index in [1.807, 2.05) is 6.07 Å². The second kappa shape index (κ2) is 4.91. The van der Waals surface area contributed by atoms with Crippen molar-refractivity contribution in [3.05, 3.63) is 34.9 Å². The van der Waals surface area contributed by atoms with Crippen molar-refractivity contribution < 1.29 is 9.84 Å². The summed E-state index contributed by atoms with van der Waals surface area (Å²) < 4.78 is 7.91. The fourth-order valence-corrected chi connectivity index (χ4v) is 1.43. The van der Waals surface area contributed by atoms with E-state index < -0.39 is 0 Å². The van der Waals surface area contributed by atoms with Crippen LogP contribution in [0.25, 0.3) is 5.65 Å². The van der Waals surface area contributed by atoms with Crippen molar-refractivity contribution in [3.8, 4) is 0 Å². The largest absolute Gasteiger partial charge is 0.394 e.